The number of hydrogen-bond donors (Lipinski definition) is 0. The molecule has 0 spiro atoms. The lowest BCUT2D eigenvalue weighted by Crippen LogP contribution is -2.56. The van der Waals surface area contributed by atoms with E-state index in [1.54, 1.807) is 27.9 Å². The molecular weight excluding hydrogens is 222 g/mol. The summed E-state index contributed by atoms with van der Waals surface area (Å²) >= 11 is 0. The van der Waals surface area contributed by atoms with Crippen LogP contribution in [0, 0.1) is 0 Å². The van der Waals surface area contributed by atoms with Crippen molar-refractivity contribution >= 4 is 11.9 Å². The zero-order valence-corrected chi connectivity index (χ0v) is 11.0. The molecule has 98 valence electrons. The summed E-state index contributed by atoms with van der Waals surface area (Å²) in [7, 11) is 3.61. The van der Waals surface area contributed by atoms with E-state index >= 15 is 0 Å². The van der Waals surface area contributed by atoms with Gasteiger partial charge in [0.05, 0.1) is 33.2 Å². The van der Waals surface area contributed by atoms with E-state index in [4.69, 9.17) is 4.74 Å². The van der Waals surface area contributed by atoms with Crippen LogP contribution < -0.4 is 5.11 Å². The molecular formula is C12H21NO4. The lowest BCUT2D eigenvalue weighted by molar-refractivity contribution is -0.906. The molecule has 17 heavy (non-hydrogen) atoms. The topological polar surface area (TPSA) is 66.4 Å². The molecule has 0 fully saturated rings. The van der Waals surface area contributed by atoms with Gasteiger partial charge in [0.25, 0.3) is 0 Å². The monoisotopic (exact) mass is 243 g/mol. The highest BCUT2D eigenvalue weighted by Crippen LogP contribution is 2.07. The van der Waals surface area contributed by atoms with Gasteiger partial charge in [0.15, 0.2) is 0 Å². The summed E-state index contributed by atoms with van der Waals surface area (Å²) in [4.78, 5) is 21.8. The van der Waals surface area contributed by atoms with Crippen molar-refractivity contribution in [1.82, 2.24) is 0 Å². The molecule has 0 aromatic heterocycles. The molecule has 0 rings (SSSR count). The van der Waals surface area contributed by atoms with Crippen LogP contribution in [0.2, 0.25) is 0 Å². The Labute approximate surface area is 102 Å². The number of hydrogen-bond acceptors (Lipinski definition) is 4. The van der Waals surface area contributed by atoms with E-state index in [-0.39, 0.29) is 6.61 Å². The number of rotatable bonds is 7. The van der Waals surface area contributed by atoms with Crippen molar-refractivity contribution in [2.75, 3.05) is 27.2 Å². The first-order valence-electron chi connectivity index (χ1n) is 5.54. The fourth-order valence-electron chi connectivity index (χ4n) is 1.24. The van der Waals surface area contributed by atoms with Crippen molar-refractivity contribution in [2.24, 2.45) is 0 Å². The van der Waals surface area contributed by atoms with Crippen LogP contribution in [0.5, 0.6) is 0 Å². The zero-order valence-electron chi connectivity index (χ0n) is 11.0. The Bertz CT molecular complexity index is 310. The van der Waals surface area contributed by atoms with Crippen LogP contribution in [0.3, 0.4) is 0 Å². The van der Waals surface area contributed by atoms with Crippen LogP contribution in [-0.4, -0.2) is 49.7 Å². The number of carboxylic acids is 1. The maximum absolute atomic E-state index is 11.1. The van der Waals surface area contributed by atoms with E-state index in [9.17, 15) is 14.7 Å². The average molecular weight is 243 g/mol. The molecule has 0 saturated carbocycles. The van der Waals surface area contributed by atoms with Crippen molar-refractivity contribution in [1.29, 1.82) is 0 Å². The second-order valence-electron chi connectivity index (χ2n) is 4.77. The highest BCUT2D eigenvalue weighted by molar-refractivity contribution is 5.86. The first-order chi connectivity index (χ1) is 7.68. The Hall–Kier alpha value is -1.36. The molecule has 0 N–H and O–H groups in total. The van der Waals surface area contributed by atoms with Crippen LogP contribution in [-0.2, 0) is 14.3 Å². The number of carboxylic acid groups (broad SMARTS) is 1. The number of esters is 1. The summed E-state index contributed by atoms with van der Waals surface area (Å²) in [5.41, 5.74) is 0.363. The van der Waals surface area contributed by atoms with Gasteiger partial charge in [0.1, 0.15) is 6.04 Å². The Morgan fingerprint density at radius 1 is 1.41 bits per heavy atom. The number of ether oxygens (including phenoxy) is 1. The zero-order chi connectivity index (χ0) is 13.6. The lowest BCUT2D eigenvalue weighted by Gasteiger charge is -2.36. The van der Waals surface area contributed by atoms with E-state index < -0.39 is 18.0 Å². The Morgan fingerprint density at radius 3 is 2.35 bits per heavy atom. The van der Waals surface area contributed by atoms with Crippen LogP contribution in [0.25, 0.3) is 0 Å². The van der Waals surface area contributed by atoms with Crippen LogP contribution in [0.1, 0.15) is 20.3 Å². The largest absolute Gasteiger partial charge is 0.544 e. The minimum absolute atomic E-state index is 0.271. The van der Waals surface area contributed by atoms with Gasteiger partial charge in [0, 0.05) is 12.0 Å². The van der Waals surface area contributed by atoms with Gasteiger partial charge in [-0.05, 0) is 13.8 Å². The second kappa shape index (κ2) is 6.39. The third kappa shape index (κ3) is 5.49. The van der Waals surface area contributed by atoms with Gasteiger partial charge >= 0.3 is 5.97 Å². The van der Waals surface area contributed by atoms with E-state index in [0.29, 0.717) is 23.0 Å². The standard InChI is InChI=1S/C12H21NO4/c1-9(2)12(16)17-8-6-7-13(4,5)10(3)11(14)15/h10H,1,6-8H2,2-5H3. The highest BCUT2D eigenvalue weighted by Gasteiger charge is 2.24. The number of quaternary nitrogens is 1. The highest BCUT2D eigenvalue weighted by atomic mass is 16.5. The molecule has 0 heterocycles. The summed E-state index contributed by atoms with van der Waals surface area (Å²) in [5.74, 6) is -1.49. The molecule has 0 aromatic carbocycles. The number of aliphatic carboxylic acids is 1. The third-order valence-electron chi connectivity index (χ3n) is 2.85. The molecule has 0 aromatic rings. The van der Waals surface area contributed by atoms with E-state index in [1.807, 2.05) is 0 Å². The summed E-state index contributed by atoms with van der Waals surface area (Å²) in [6, 6.07) is -0.591. The average Bonchev–Trinajstić information content (AvgIpc) is 2.22. The van der Waals surface area contributed by atoms with Gasteiger partial charge in [-0.15, -0.1) is 0 Å². The summed E-state index contributed by atoms with van der Waals surface area (Å²) in [5, 5.41) is 10.8. The molecule has 0 aliphatic carbocycles. The van der Waals surface area contributed by atoms with E-state index in [1.165, 1.54) is 0 Å². The van der Waals surface area contributed by atoms with Crippen molar-refractivity contribution < 1.29 is 23.9 Å². The Kier molecular flexibility index (Phi) is 5.88. The second-order valence-corrected chi connectivity index (χ2v) is 4.77. The third-order valence-corrected chi connectivity index (χ3v) is 2.85. The van der Waals surface area contributed by atoms with Gasteiger partial charge in [-0.2, -0.15) is 0 Å². The van der Waals surface area contributed by atoms with Gasteiger partial charge in [-0.3, -0.25) is 0 Å². The van der Waals surface area contributed by atoms with Gasteiger partial charge in [-0.25, -0.2) is 4.79 Å². The summed E-state index contributed by atoms with van der Waals surface area (Å²) in [6.07, 6.45) is 0.601. The van der Waals surface area contributed by atoms with Crippen LogP contribution >= 0.6 is 0 Å². The van der Waals surface area contributed by atoms with E-state index in [2.05, 4.69) is 6.58 Å². The van der Waals surface area contributed by atoms with Crippen molar-refractivity contribution in [3.63, 3.8) is 0 Å². The molecule has 0 aliphatic rings. The van der Waals surface area contributed by atoms with E-state index in [0.717, 1.165) is 0 Å². The fraction of sp³-hybridized carbons (Fsp3) is 0.667. The van der Waals surface area contributed by atoms with Crippen molar-refractivity contribution in [3.05, 3.63) is 12.2 Å². The van der Waals surface area contributed by atoms with Gasteiger partial charge in [-0.1, -0.05) is 6.58 Å². The minimum atomic E-state index is -1.08. The van der Waals surface area contributed by atoms with Crippen molar-refractivity contribution in [2.45, 2.75) is 26.3 Å². The maximum Gasteiger partial charge on any atom is 0.333 e. The number of nitrogens with zero attached hydrogens (tertiary/aromatic N) is 1. The molecule has 0 radical (unpaired) electrons. The van der Waals surface area contributed by atoms with Gasteiger partial charge < -0.3 is 19.1 Å². The first kappa shape index (κ1) is 15.6. The smallest absolute Gasteiger partial charge is 0.333 e. The number of carbonyl (C=O) groups is 2. The number of likely N-dealkylation sites (N-methyl/N-ethyl adjacent to an activating group) is 1. The summed E-state index contributed by atoms with van der Waals surface area (Å²) < 4.78 is 5.23. The first-order valence-corrected chi connectivity index (χ1v) is 5.54. The Balaban J connectivity index is 4.00. The predicted molar refractivity (Wildman–Crippen MR) is 61.8 cm³/mol. The normalized spacial score (nSPS) is 12.9. The summed E-state index contributed by atoms with van der Waals surface area (Å²) in [6.45, 7) is 7.53. The number of carbonyl (C=O) groups excluding carboxylic acids is 2. The lowest BCUT2D eigenvalue weighted by atomic mass is 10.2. The van der Waals surface area contributed by atoms with Crippen LogP contribution in [0.4, 0.5) is 0 Å². The molecule has 0 amide bonds. The van der Waals surface area contributed by atoms with Crippen molar-refractivity contribution in [3.8, 4) is 0 Å². The molecule has 1 unspecified atom stereocenters. The quantitative estimate of drug-likeness (QED) is 0.267. The SMILES string of the molecule is C=C(C)C(=O)OCCC[N+](C)(C)C(C)C(=O)[O-]. The maximum atomic E-state index is 11.1. The molecule has 0 aliphatic heterocycles. The molecule has 0 saturated heterocycles. The Morgan fingerprint density at radius 2 is 1.94 bits per heavy atom. The van der Waals surface area contributed by atoms with Gasteiger partial charge in [0.2, 0.25) is 0 Å². The molecule has 5 heteroatoms. The van der Waals surface area contributed by atoms with Crippen LogP contribution in [0.15, 0.2) is 12.2 Å². The molecule has 0 bridgehead atoms. The fourth-order valence-corrected chi connectivity index (χ4v) is 1.24. The minimum Gasteiger partial charge on any atom is -0.544 e. The molecule has 5 nitrogen and oxygen atoms in total. The molecule has 1 atom stereocenters. The predicted octanol–water partition coefficient (Wildman–Crippen LogP) is -0.289.